The Bertz CT molecular complexity index is 1050. The van der Waals surface area contributed by atoms with Crippen molar-refractivity contribution in [2.75, 3.05) is 34.4 Å². The highest BCUT2D eigenvalue weighted by molar-refractivity contribution is 7.89. The molecule has 0 aliphatic carbocycles. The van der Waals surface area contributed by atoms with Crippen molar-refractivity contribution >= 4 is 15.9 Å². The molecule has 1 heterocycles. The molecule has 1 saturated heterocycles. The van der Waals surface area contributed by atoms with Gasteiger partial charge < -0.3 is 19.5 Å². The quantitative estimate of drug-likeness (QED) is 0.648. The summed E-state index contributed by atoms with van der Waals surface area (Å²) in [5.74, 6) is 0.925. The van der Waals surface area contributed by atoms with Crippen molar-refractivity contribution in [3.05, 3.63) is 47.5 Å². The molecule has 1 aliphatic rings. The molecular weight excluding hydrogens is 432 g/mol. The molecule has 2 aromatic carbocycles. The summed E-state index contributed by atoms with van der Waals surface area (Å²) in [4.78, 5) is 12.9. The molecule has 0 spiro atoms. The molecule has 0 aromatic heterocycles. The molecule has 8 nitrogen and oxygen atoms in total. The topological polar surface area (TPSA) is 94.2 Å². The van der Waals surface area contributed by atoms with Gasteiger partial charge in [0.2, 0.25) is 10.0 Å². The van der Waals surface area contributed by atoms with Crippen LogP contribution >= 0.6 is 0 Å². The highest BCUT2D eigenvalue weighted by Crippen LogP contribution is 2.31. The van der Waals surface area contributed by atoms with E-state index in [9.17, 15) is 13.2 Å². The van der Waals surface area contributed by atoms with Crippen LogP contribution in [0.4, 0.5) is 0 Å². The van der Waals surface area contributed by atoms with Gasteiger partial charge in [-0.25, -0.2) is 8.42 Å². The number of rotatable bonds is 8. The van der Waals surface area contributed by atoms with E-state index in [-0.39, 0.29) is 22.8 Å². The van der Waals surface area contributed by atoms with Gasteiger partial charge >= 0.3 is 0 Å². The second-order valence-corrected chi connectivity index (χ2v) is 9.43. The second-order valence-electron chi connectivity index (χ2n) is 7.52. The third-order valence-electron chi connectivity index (χ3n) is 5.53. The summed E-state index contributed by atoms with van der Waals surface area (Å²) in [6.45, 7) is 1.13. The fraction of sp³-hybridized carbons (Fsp3) is 0.435. The summed E-state index contributed by atoms with van der Waals surface area (Å²) in [6, 6.07) is 9.86. The van der Waals surface area contributed by atoms with Crippen molar-refractivity contribution < 1.29 is 27.4 Å². The van der Waals surface area contributed by atoms with Crippen LogP contribution in [0, 0.1) is 0 Å². The van der Waals surface area contributed by atoms with Gasteiger partial charge in [0.25, 0.3) is 5.91 Å². The fourth-order valence-electron chi connectivity index (χ4n) is 3.81. The first-order valence-corrected chi connectivity index (χ1v) is 12.0. The van der Waals surface area contributed by atoms with Gasteiger partial charge in [0.1, 0.15) is 10.6 Å². The van der Waals surface area contributed by atoms with Crippen LogP contribution in [-0.2, 0) is 16.6 Å². The van der Waals surface area contributed by atoms with Crippen LogP contribution in [0.25, 0.3) is 0 Å². The minimum atomic E-state index is -3.78. The van der Waals surface area contributed by atoms with Gasteiger partial charge in [-0.3, -0.25) is 4.79 Å². The molecule has 1 amide bonds. The number of hydrogen-bond donors (Lipinski definition) is 1. The predicted octanol–water partition coefficient (Wildman–Crippen LogP) is 3.21. The van der Waals surface area contributed by atoms with Gasteiger partial charge in [0.05, 0.1) is 21.3 Å². The summed E-state index contributed by atoms with van der Waals surface area (Å²) >= 11 is 0. The monoisotopic (exact) mass is 462 g/mol. The Kier molecular flexibility index (Phi) is 7.98. The number of carbonyl (C=O) groups is 1. The molecule has 0 unspecified atom stereocenters. The Morgan fingerprint density at radius 3 is 2.25 bits per heavy atom. The van der Waals surface area contributed by atoms with E-state index >= 15 is 0 Å². The van der Waals surface area contributed by atoms with E-state index < -0.39 is 15.9 Å². The first-order valence-electron chi connectivity index (χ1n) is 10.6. The van der Waals surface area contributed by atoms with E-state index in [1.807, 2.05) is 12.1 Å². The summed E-state index contributed by atoms with van der Waals surface area (Å²) in [5.41, 5.74) is 0.979. The van der Waals surface area contributed by atoms with E-state index in [4.69, 9.17) is 14.2 Å². The number of benzene rings is 2. The zero-order valence-electron chi connectivity index (χ0n) is 18.7. The lowest BCUT2D eigenvalue weighted by Gasteiger charge is -2.21. The number of methoxy groups -OCH3 is 3. The minimum Gasteiger partial charge on any atom is -0.495 e. The molecule has 0 radical (unpaired) electrons. The van der Waals surface area contributed by atoms with E-state index in [2.05, 4.69) is 5.32 Å². The second kappa shape index (κ2) is 10.7. The normalized spacial score (nSPS) is 15.0. The summed E-state index contributed by atoms with van der Waals surface area (Å²) in [5, 5.41) is 2.82. The molecule has 0 atom stereocenters. The molecule has 0 saturated carbocycles. The maximum Gasteiger partial charge on any atom is 0.251 e. The number of nitrogens with one attached hydrogen (secondary N) is 1. The van der Waals surface area contributed by atoms with Crippen LogP contribution in [0.2, 0.25) is 0 Å². The number of para-hydroxylation sites is 1. The number of amides is 1. The van der Waals surface area contributed by atoms with Crippen molar-refractivity contribution in [2.24, 2.45) is 0 Å². The molecule has 9 heteroatoms. The van der Waals surface area contributed by atoms with Crippen molar-refractivity contribution in [3.63, 3.8) is 0 Å². The average molecular weight is 463 g/mol. The Balaban J connectivity index is 1.84. The molecule has 32 heavy (non-hydrogen) atoms. The lowest BCUT2D eigenvalue weighted by atomic mass is 10.1. The van der Waals surface area contributed by atoms with Gasteiger partial charge in [0, 0.05) is 30.8 Å². The first-order chi connectivity index (χ1) is 15.4. The maximum absolute atomic E-state index is 13.3. The van der Waals surface area contributed by atoms with Crippen LogP contribution in [0.5, 0.6) is 17.2 Å². The van der Waals surface area contributed by atoms with E-state index in [1.165, 1.54) is 30.7 Å². The molecule has 1 fully saturated rings. The summed E-state index contributed by atoms with van der Waals surface area (Å²) < 4.78 is 44.1. The number of hydrogen-bond acceptors (Lipinski definition) is 6. The molecule has 1 aliphatic heterocycles. The number of sulfonamides is 1. The Morgan fingerprint density at radius 2 is 1.62 bits per heavy atom. The highest BCUT2D eigenvalue weighted by Gasteiger charge is 2.29. The van der Waals surface area contributed by atoms with Crippen molar-refractivity contribution in [3.8, 4) is 17.2 Å². The van der Waals surface area contributed by atoms with E-state index in [0.717, 1.165) is 31.2 Å². The first kappa shape index (κ1) is 23.9. The maximum atomic E-state index is 13.3. The highest BCUT2D eigenvalue weighted by atomic mass is 32.2. The SMILES string of the molecule is COc1ccc(C(=O)NCc2cccc(OC)c2OC)cc1S(=O)(=O)N1CCCCCC1. The van der Waals surface area contributed by atoms with Gasteiger partial charge in [-0.05, 0) is 37.1 Å². The molecular formula is C23H30N2O6S. The standard InChI is InChI=1S/C23H30N2O6S/c1-29-19-12-11-17(15-21(19)32(27,28)25-13-6-4-5-7-14-25)23(26)24-16-18-9-8-10-20(30-2)22(18)31-3/h8-12,15H,4-7,13-14,16H2,1-3H3,(H,24,26). The summed E-state index contributed by atoms with van der Waals surface area (Å²) in [6.07, 6.45) is 3.67. The van der Waals surface area contributed by atoms with Crippen molar-refractivity contribution in [1.29, 1.82) is 0 Å². The molecule has 0 bridgehead atoms. The third kappa shape index (κ3) is 5.16. The van der Waals surface area contributed by atoms with Crippen LogP contribution < -0.4 is 19.5 Å². The van der Waals surface area contributed by atoms with Crippen molar-refractivity contribution in [1.82, 2.24) is 9.62 Å². The zero-order chi connectivity index (χ0) is 23.1. The minimum absolute atomic E-state index is 0.00788. The Morgan fingerprint density at radius 1 is 0.938 bits per heavy atom. The van der Waals surface area contributed by atoms with Crippen LogP contribution in [0.3, 0.4) is 0 Å². The van der Waals surface area contributed by atoms with E-state index in [0.29, 0.717) is 24.6 Å². The van der Waals surface area contributed by atoms with Gasteiger partial charge in [-0.15, -0.1) is 0 Å². The Hall–Kier alpha value is -2.78. The lowest BCUT2D eigenvalue weighted by Crippen LogP contribution is -2.32. The van der Waals surface area contributed by atoms with Crippen LogP contribution in [-0.4, -0.2) is 53.0 Å². The van der Waals surface area contributed by atoms with Crippen LogP contribution in [0.15, 0.2) is 41.3 Å². The number of carbonyl (C=O) groups excluding carboxylic acids is 1. The third-order valence-corrected chi connectivity index (χ3v) is 7.45. The van der Waals surface area contributed by atoms with Gasteiger partial charge in [0.15, 0.2) is 11.5 Å². The van der Waals surface area contributed by atoms with Gasteiger partial charge in [-0.2, -0.15) is 4.31 Å². The molecule has 174 valence electrons. The Labute approximate surface area is 189 Å². The zero-order valence-corrected chi connectivity index (χ0v) is 19.5. The number of nitrogens with zero attached hydrogens (tertiary/aromatic N) is 1. The molecule has 1 N–H and O–H groups in total. The van der Waals surface area contributed by atoms with Crippen molar-refractivity contribution in [2.45, 2.75) is 37.1 Å². The molecule has 2 aromatic rings. The van der Waals surface area contributed by atoms with Crippen LogP contribution in [0.1, 0.15) is 41.6 Å². The summed E-state index contributed by atoms with van der Waals surface area (Å²) in [7, 11) is 0.723. The fourth-order valence-corrected chi connectivity index (χ4v) is 5.51. The average Bonchev–Trinajstić information content (AvgIpc) is 3.12. The lowest BCUT2D eigenvalue weighted by molar-refractivity contribution is 0.0950. The predicted molar refractivity (Wildman–Crippen MR) is 121 cm³/mol. The van der Waals surface area contributed by atoms with E-state index in [1.54, 1.807) is 19.2 Å². The number of ether oxygens (including phenoxy) is 3. The van der Waals surface area contributed by atoms with Gasteiger partial charge in [-0.1, -0.05) is 25.0 Å². The smallest absolute Gasteiger partial charge is 0.251 e. The molecule has 3 rings (SSSR count). The largest absolute Gasteiger partial charge is 0.495 e.